The second-order valence-corrected chi connectivity index (χ2v) is 8.50. The number of aryl methyl sites for hydroxylation is 1. The molecule has 2 aliphatic heterocycles. The van der Waals surface area contributed by atoms with Crippen LogP contribution in [0.2, 0.25) is 0 Å². The largest absolute Gasteiger partial charge is 0.372 e. The molecule has 2 aromatic rings. The maximum atomic E-state index is 12.8. The van der Waals surface area contributed by atoms with Crippen LogP contribution >= 0.6 is 0 Å². The molecular formula is C23H32N6O. The van der Waals surface area contributed by atoms with Crippen molar-refractivity contribution >= 4 is 17.4 Å². The van der Waals surface area contributed by atoms with Crippen molar-refractivity contribution in [1.29, 1.82) is 0 Å². The first-order chi connectivity index (χ1) is 14.5. The minimum absolute atomic E-state index is 0.0729. The molecule has 3 heterocycles. The number of hydrogen-bond donors (Lipinski definition) is 1. The van der Waals surface area contributed by atoms with E-state index in [-0.39, 0.29) is 6.03 Å². The third-order valence-corrected chi connectivity index (χ3v) is 5.78. The average Bonchev–Trinajstić information content (AvgIpc) is 3.39. The number of anilines is 2. The lowest BCUT2D eigenvalue weighted by atomic mass is 10.1. The van der Waals surface area contributed by atoms with Gasteiger partial charge in [0.1, 0.15) is 0 Å². The molecule has 0 saturated carbocycles. The Kier molecular flexibility index (Phi) is 6.08. The van der Waals surface area contributed by atoms with Gasteiger partial charge in [-0.3, -0.25) is 4.90 Å². The minimum Gasteiger partial charge on any atom is -0.372 e. The summed E-state index contributed by atoms with van der Waals surface area (Å²) in [4.78, 5) is 19.6. The fourth-order valence-electron chi connectivity index (χ4n) is 4.33. The number of carbonyl (C=O) groups excluding carboxylic acids is 1. The van der Waals surface area contributed by atoms with Gasteiger partial charge in [-0.2, -0.15) is 9.78 Å². The molecule has 0 spiro atoms. The number of piperazine rings is 1. The van der Waals surface area contributed by atoms with E-state index in [1.807, 2.05) is 11.8 Å². The zero-order valence-corrected chi connectivity index (χ0v) is 18.1. The van der Waals surface area contributed by atoms with Gasteiger partial charge in [-0.15, -0.1) is 0 Å². The van der Waals surface area contributed by atoms with Crippen LogP contribution in [0.4, 0.5) is 16.2 Å². The van der Waals surface area contributed by atoms with Gasteiger partial charge in [-0.25, -0.2) is 4.79 Å². The summed E-state index contributed by atoms with van der Waals surface area (Å²) < 4.78 is 1.41. The summed E-state index contributed by atoms with van der Waals surface area (Å²) in [5, 5.41) is 7.28. The van der Waals surface area contributed by atoms with Crippen molar-refractivity contribution in [1.82, 2.24) is 19.6 Å². The topological polar surface area (TPSA) is 56.6 Å². The molecule has 2 saturated heterocycles. The van der Waals surface area contributed by atoms with Crippen molar-refractivity contribution in [2.75, 3.05) is 49.5 Å². The second kappa shape index (κ2) is 8.92. The molecular weight excluding hydrogens is 376 g/mol. The second-order valence-electron chi connectivity index (χ2n) is 8.50. The maximum absolute atomic E-state index is 12.8. The Hall–Kier alpha value is -2.80. The SMILES string of the molecule is C=C(C)Nc1cnn(C(=O)N2CCN(Cc3cc(C)cc(N4CCCC4)c3)CC2)c1. The number of allylic oxidation sites excluding steroid dienone is 1. The molecule has 1 aromatic carbocycles. The Labute approximate surface area is 178 Å². The molecule has 1 amide bonds. The highest BCUT2D eigenvalue weighted by molar-refractivity contribution is 5.77. The zero-order chi connectivity index (χ0) is 21.1. The van der Waals surface area contributed by atoms with Crippen LogP contribution in [0.5, 0.6) is 0 Å². The van der Waals surface area contributed by atoms with Crippen molar-refractivity contribution < 1.29 is 4.79 Å². The predicted octanol–water partition coefficient (Wildman–Crippen LogP) is 3.52. The summed E-state index contributed by atoms with van der Waals surface area (Å²) in [5.41, 5.74) is 5.64. The number of amides is 1. The molecule has 0 atom stereocenters. The molecule has 0 aliphatic carbocycles. The van der Waals surface area contributed by atoms with E-state index in [4.69, 9.17) is 0 Å². The number of aromatic nitrogens is 2. The van der Waals surface area contributed by atoms with E-state index in [1.165, 1.54) is 47.4 Å². The number of carbonyl (C=O) groups is 1. The summed E-state index contributed by atoms with van der Waals surface area (Å²) in [7, 11) is 0. The van der Waals surface area contributed by atoms with E-state index in [0.29, 0.717) is 13.1 Å². The Morgan fingerprint density at radius 2 is 1.83 bits per heavy atom. The van der Waals surface area contributed by atoms with Crippen LogP contribution < -0.4 is 10.2 Å². The molecule has 2 aliphatic rings. The predicted molar refractivity (Wildman–Crippen MR) is 121 cm³/mol. The highest BCUT2D eigenvalue weighted by atomic mass is 16.2. The first kappa shape index (κ1) is 20.5. The molecule has 0 radical (unpaired) electrons. The highest BCUT2D eigenvalue weighted by Crippen LogP contribution is 2.24. The Morgan fingerprint density at radius 1 is 1.10 bits per heavy atom. The summed E-state index contributed by atoms with van der Waals surface area (Å²) in [6.07, 6.45) is 5.95. The molecule has 7 nitrogen and oxygen atoms in total. The lowest BCUT2D eigenvalue weighted by Gasteiger charge is -2.34. The molecule has 160 valence electrons. The van der Waals surface area contributed by atoms with Gasteiger partial charge in [-0.05, 0) is 49.9 Å². The lowest BCUT2D eigenvalue weighted by molar-refractivity contribution is 0.134. The smallest absolute Gasteiger partial charge is 0.344 e. The van der Waals surface area contributed by atoms with Crippen LogP contribution in [0, 0.1) is 6.92 Å². The summed E-state index contributed by atoms with van der Waals surface area (Å²) >= 11 is 0. The monoisotopic (exact) mass is 408 g/mol. The number of nitrogens with one attached hydrogen (secondary N) is 1. The van der Waals surface area contributed by atoms with E-state index in [9.17, 15) is 4.79 Å². The number of benzene rings is 1. The number of rotatable bonds is 5. The number of nitrogens with zero attached hydrogens (tertiary/aromatic N) is 5. The van der Waals surface area contributed by atoms with Crippen molar-refractivity contribution in [3.63, 3.8) is 0 Å². The van der Waals surface area contributed by atoms with Gasteiger partial charge in [0.25, 0.3) is 0 Å². The van der Waals surface area contributed by atoms with Crippen LogP contribution in [0.15, 0.2) is 42.9 Å². The summed E-state index contributed by atoms with van der Waals surface area (Å²) in [5.74, 6) is 0. The van der Waals surface area contributed by atoms with Crippen molar-refractivity contribution in [3.05, 3.63) is 54.0 Å². The van der Waals surface area contributed by atoms with E-state index in [1.54, 1.807) is 12.4 Å². The van der Waals surface area contributed by atoms with Crippen LogP contribution in [-0.2, 0) is 6.54 Å². The van der Waals surface area contributed by atoms with Crippen molar-refractivity contribution in [2.24, 2.45) is 0 Å². The van der Waals surface area contributed by atoms with Gasteiger partial charge in [0.2, 0.25) is 0 Å². The maximum Gasteiger partial charge on any atom is 0.344 e. The molecule has 1 aromatic heterocycles. The molecule has 7 heteroatoms. The van der Waals surface area contributed by atoms with Gasteiger partial charge >= 0.3 is 6.03 Å². The highest BCUT2D eigenvalue weighted by Gasteiger charge is 2.23. The van der Waals surface area contributed by atoms with Crippen LogP contribution in [0.25, 0.3) is 0 Å². The van der Waals surface area contributed by atoms with Gasteiger partial charge in [-0.1, -0.05) is 12.6 Å². The normalized spacial score (nSPS) is 17.4. The quantitative estimate of drug-likeness (QED) is 0.820. The van der Waals surface area contributed by atoms with Gasteiger partial charge in [0, 0.05) is 57.2 Å². The first-order valence-corrected chi connectivity index (χ1v) is 10.8. The Bertz CT molecular complexity index is 906. The molecule has 0 bridgehead atoms. The van der Waals surface area contributed by atoms with Crippen LogP contribution in [-0.4, -0.2) is 64.9 Å². The van der Waals surface area contributed by atoms with Crippen LogP contribution in [0.1, 0.15) is 30.9 Å². The Morgan fingerprint density at radius 3 is 2.53 bits per heavy atom. The van der Waals surface area contributed by atoms with E-state index in [0.717, 1.165) is 31.0 Å². The lowest BCUT2D eigenvalue weighted by Crippen LogP contribution is -2.49. The van der Waals surface area contributed by atoms with Crippen molar-refractivity contribution in [2.45, 2.75) is 33.2 Å². The first-order valence-electron chi connectivity index (χ1n) is 10.8. The molecule has 1 N–H and O–H groups in total. The molecule has 2 fully saturated rings. The molecule has 30 heavy (non-hydrogen) atoms. The van der Waals surface area contributed by atoms with Crippen LogP contribution in [0.3, 0.4) is 0 Å². The molecule has 4 rings (SSSR count). The molecule has 0 unspecified atom stereocenters. The average molecular weight is 409 g/mol. The summed E-state index contributed by atoms with van der Waals surface area (Å²) in [6.45, 7) is 14.3. The fourth-order valence-corrected chi connectivity index (χ4v) is 4.33. The third-order valence-electron chi connectivity index (χ3n) is 5.78. The van der Waals surface area contributed by atoms with Gasteiger partial charge < -0.3 is 15.1 Å². The van der Waals surface area contributed by atoms with Gasteiger partial charge in [0.05, 0.1) is 18.1 Å². The van der Waals surface area contributed by atoms with Crippen molar-refractivity contribution in [3.8, 4) is 0 Å². The number of hydrogen-bond acceptors (Lipinski definition) is 5. The fraction of sp³-hybridized carbons (Fsp3) is 0.478. The minimum atomic E-state index is -0.0729. The summed E-state index contributed by atoms with van der Waals surface area (Å²) in [6, 6.07) is 6.86. The van der Waals surface area contributed by atoms with E-state index >= 15 is 0 Å². The zero-order valence-electron chi connectivity index (χ0n) is 18.1. The Balaban J connectivity index is 1.33. The van der Waals surface area contributed by atoms with E-state index < -0.39 is 0 Å². The van der Waals surface area contributed by atoms with E-state index in [2.05, 4.69) is 51.9 Å². The van der Waals surface area contributed by atoms with Gasteiger partial charge in [0.15, 0.2) is 0 Å². The standard InChI is InChI=1S/C23H32N6O/c1-18(2)25-21-15-24-29(17-21)23(30)28-10-8-26(9-11-28)16-20-12-19(3)13-22(14-20)27-6-4-5-7-27/h12-15,17,25H,1,4-11,16H2,2-3H3. The third kappa shape index (κ3) is 4.84.